The van der Waals surface area contributed by atoms with Gasteiger partial charge in [-0.05, 0) is 30.8 Å². The predicted octanol–water partition coefficient (Wildman–Crippen LogP) is -1.45. The maximum absolute atomic E-state index is 12.5. The van der Waals surface area contributed by atoms with Crippen LogP contribution in [-0.2, 0) is 24.0 Å². The third-order valence-electron chi connectivity index (χ3n) is 4.50. The zero-order valence-electron chi connectivity index (χ0n) is 17.6. The van der Waals surface area contributed by atoms with E-state index in [4.69, 9.17) is 16.6 Å². The molecule has 0 heterocycles. The lowest BCUT2D eigenvalue weighted by molar-refractivity contribution is -0.141. The van der Waals surface area contributed by atoms with Crippen LogP contribution in [0.15, 0.2) is 0 Å². The molecular weight excluding hydrogens is 414 g/mol. The Hall–Kier alpha value is -2.34. The molecule has 0 spiro atoms. The van der Waals surface area contributed by atoms with Crippen molar-refractivity contribution in [1.82, 2.24) is 16.0 Å². The molecule has 0 fully saturated rings. The van der Waals surface area contributed by atoms with Crippen molar-refractivity contribution in [3.63, 3.8) is 0 Å². The van der Waals surface area contributed by atoms with Crippen molar-refractivity contribution in [3.05, 3.63) is 0 Å². The summed E-state index contributed by atoms with van der Waals surface area (Å²) in [6.07, 6.45) is 2.63. The average Bonchev–Trinajstić information content (AvgIpc) is 2.70. The highest BCUT2D eigenvalue weighted by Crippen LogP contribution is 2.09. The van der Waals surface area contributed by atoms with Crippen LogP contribution in [0.5, 0.6) is 0 Å². The SMILES string of the molecule is CCC(C)C(NC(=O)C(N)CCC(N)=O)C(=O)NCC(=O)NC(CCSC)C(=O)O. The summed E-state index contributed by atoms with van der Waals surface area (Å²) < 4.78 is 0. The predicted molar refractivity (Wildman–Crippen MR) is 113 cm³/mol. The molecule has 0 aromatic heterocycles. The van der Waals surface area contributed by atoms with Crippen molar-refractivity contribution in [3.8, 4) is 0 Å². The number of hydrogen-bond donors (Lipinski definition) is 6. The monoisotopic (exact) mass is 447 g/mol. The molecule has 0 aromatic rings. The van der Waals surface area contributed by atoms with E-state index in [1.807, 2.05) is 13.2 Å². The zero-order valence-corrected chi connectivity index (χ0v) is 18.4. The fourth-order valence-electron chi connectivity index (χ4n) is 2.41. The summed E-state index contributed by atoms with van der Waals surface area (Å²) in [4.78, 5) is 58.8. The first kappa shape index (κ1) is 27.7. The van der Waals surface area contributed by atoms with E-state index in [1.165, 1.54) is 11.8 Å². The Labute approximate surface area is 180 Å². The van der Waals surface area contributed by atoms with E-state index in [9.17, 15) is 24.0 Å². The van der Waals surface area contributed by atoms with Gasteiger partial charge in [0.2, 0.25) is 23.6 Å². The number of rotatable bonds is 15. The first-order valence-corrected chi connectivity index (χ1v) is 11.1. The molecule has 0 aliphatic heterocycles. The second kappa shape index (κ2) is 14.6. The summed E-state index contributed by atoms with van der Waals surface area (Å²) in [5.41, 5.74) is 10.8. The van der Waals surface area contributed by atoms with Crippen LogP contribution in [0.1, 0.15) is 39.5 Å². The normalized spacial score (nSPS) is 14.7. The molecule has 11 nitrogen and oxygen atoms in total. The van der Waals surface area contributed by atoms with Crippen molar-refractivity contribution in [2.75, 3.05) is 18.6 Å². The van der Waals surface area contributed by atoms with Gasteiger partial charge in [-0.25, -0.2) is 4.79 Å². The average molecular weight is 448 g/mol. The third-order valence-corrected chi connectivity index (χ3v) is 5.14. The van der Waals surface area contributed by atoms with Crippen LogP contribution in [0.2, 0.25) is 0 Å². The zero-order chi connectivity index (χ0) is 23.3. The maximum atomic E-state index is 12.5. The number of carbonyl (C=O) groups is 5. The van der Waals surface area contributed by atoms with E-state index in [-0.39, 0.29) is 25.2 Å². The molecule has 0 rings (SSSR count). The quantitative estimate of drug-likeness (QED) is 0.175. The van der Waals surface area contributed by atoms with Crippen LogP contribution in [0.4, 0.5) is 0 Å². The Bertz CT molecular complexity index is 618. The highest BCUT2D eigenvalue weighted by Gasteiger charge is 2.28. The molecule has 0 saturated carbocycles. The molecule has 4 unspecified atom stereocenters. The number of carboxylic acids is 1. The lowest BCUT2D eigenvalue weighted by Gasteiger charge is -2.25. The standard InChI is InChI=1S/C18H33N5O6S/c1-4-10(2)15(23-16(26)11(19)5-6-13(20)24)17(27)21-9-14(25)22-12(18(28)29)7-8-30-3/h10-12,15H,4-9,19H2,1-3H3,(H2,20,24)(H,21,27)(H,22,25)(H,23,26)(H,28,29). The van der Waals surface area contributed by atoms with Crippen LogP contribution >= 0.6 is 11.8 Å². The molecule has 30 heavy (non-hydrogen) atoms. The van der Waals surface area contributed by atoms with Gasteiger partial charge in [-0.2, -0.15) is 11.8 Å². The molecule has 0 radical (unpaired) electrons. The molecule has 12 heteroatoms. The lowest BCUT2D eigenvalue weighted by atomic mass is 9.97. The maximum Gasteiger partial charge on any atom is 0.326 e. The number of primary amides is 1. The second-order valence-electron chi connectivity index (χ2n) is 6.94. The number of aliphatic carboxylic acids is 1. The number of carbonyl (C=O) groups excluding carboxylic acids is 4. The Kier molecular flexibility index (Phi) is 13.5. The molecular formula is C18H33N5O6S. The molecule has 0 aliphatic carbocycles. The molecule has 172 valence electrons. The largest absolute Gasteiger partial charge is 0.480 e. The summed E-state index contributed by atoms with van der Waals surface area (Å²) >= 11 is 1.45. The number of nitrogens with two attached hydrogens (primary N) is 2. The molecule has 0 aliphatic rings. The van der Waals surface area contributed by atoms with Gasteiger partial charge in [0, 0.05) is 6.42 Å². The summed E-state index contributed by atoms with van der Waals surface area (Å²) in [5, 5.41) is 16.5. The van der Waals surface area contributed by atoms with E-state index in [1.54, 1.807) is 6.92 Å². The lowest BCUT2D eigenvalue weighted by Crippen LogP contribution is -2.55. The van der Waals surface area contributed by atoms with Crippen molar-refractivity contribution < 1.29 is 29.1 Å². The van der Waals surface area contributed by atoms with Crippen molar-refractivity contribution in [2.24, 2.45) is 17.4 Å². The van der Waals surface area contributed by atoms with E-state index in [2.05, 4.69) is 16.0 Å². The smallest absolute Gasteiger partial charge is 0.326 e. The van der Waals surface area contributed by atoms with Gasteiger partial charge in [-0.3, -0.25) is 19.2 Å². The molecule has 4 atom stereocenters. The molecule has 0 aromatic carbocycles. The highest BCUT2D eigenvalue weighted by molar-refractivity contribution is 7.98. The van der Waals surface area contributed by atoms with Gasteiger partial charge in [0.1, 0.15) is 12.1 Å². The van der Waals surface area contributed by atoms with E-state index in [0.29, 0.717) is 12.2 Å². The molecule has 4 amide bonds. The van der Waals surface area contributed by atoms with E-state index >= 15 is 0 Å². The van der Waals surface area contributed by atoms with Gasteiger partial charge in [0.25, 0.3) is 0 Å². The molecule has 0 bridgehead atoms. The van der Waals surface area contributed by atoms with Crippen LogP contribution in [0.25, 0.3) is 0 Å². The summed E-state index contributed by atoms with van der Waals surface area (Å²) in [6, 6.07) is -3.00. The molecule has 0 saturated heterocycles. The highest BCUT2D eigenvalue weighted by atomic mass is 32.2. The second-order valence-corrected chi connectivity index (χ2v) is 7.93. The van der Waals surface area contributed by atoms with Gasteiger partial charge < -0.3 is 32.5 Å². The number of hydrogen-bond acceptors (Lipinski definition) is 7. The topological polar surface area (TPSA) is 194 Å². The van der Waals surface area contributed by atoms with E-state index in [0.717, 1.165) is 0 Å². The van der Waals surface area contributed by atoms with Crippen LogP contribution in [0.3, 0.4) is 0 Å². The van der Waals surface area contributed by atoms with Crippen LogP contribution in [0, 0.1) is 5.92 Å². The fourth-order valence-corrected chi connectivity index (χ4v) is 2.88. The van der Waals surface area contributed by atoms with Gasteiger partial charge in [-0.1, -0.05) is 20.3 Å². The van der Waals surface area contributed by atoms with Crippen LogP contribution < -0.4 is 27.4 Å². The minimum absolute atomic E-state index is 0.0467. The fraction of sp³-hybridized carbons (Fsp3) is 0.722. The van der Waals surface area contributed by atoms with Crippen molar-refractivity contribution >= 4 is 41.4 Å². The number of thioether (sulfide) groups is 1. The number of nitrogens with one attached hydrogen (secondary N) is 3. The summed E-state index contributed by atoms with van der Waals surface area (Å²) in [7, 11) is 0. The Balaban J connectivity index is 4.84. The Morgan fingerprint density at radius 2 is 1.70 bits per heavy atom. The van der Waals surface area contributed by atoms with Gasteiger partial charge in [-0.15, -0.1) is 0 Å². The summed E-state index contributed by atoms with van der Waals surface area (Å²) in [5.74, 6) is -3.29. The van der Waals surface area contributed by atoms with E-state index < -0.39 is 54.3 Å². The number of amides is 4. The first-order chi connectivity index (χ1) is 14.0. The van der Waals surface area contributed by atoms with Crippen molar-refractivity contribution in [1.29, 1.82) is 0 Å². The van der Waals surface area contributed by atoms with Gasteiger partial charge in [0.05, 0.1) is 12.6 Å². The van der Waals surface area contributed by atoms with Gasteiger partial charge in [0.15, 0.2) is 0 Å². The minimum Gasteiger partial charge on any atom is -0.480 e. The third kappa shape index (κ3) is 11.0. The minimum atomic E-state index is -1.15. The van der Waals surface area contributed by atoms with Crippen molar-refractivity contribution in [2.45, 2.75) is 57.7 Å². The first-order valence-electron chi connectivity index (χ1n) is 9.66. The molecule has 8 N–H and O–H groups in total. The number of carboxylic acid groups (broad SMARTS) is 1. The Morgan fingerprint density at radius 3 is 2.20 bits per heavy atom. The van der Waals surface area contributed by atoms with Crippen LogP contribution in [-0.4, -0.2) is 71.4 Å². The summed E-state index contributed by atoms with van der Waals surface area (Å²) in [6.45, 7) is 3.15. The van der Waals surface area contributed by atoms with Gasteiger partial charge >= 0.3 is 5.97 Å². The Morgan fingerprint density at radius 1 is 1.07 bits per heavy atom.